The predicted molar refractivity (Wildman–Crippen MR) is 160 cm³/mol. The summed E-state index contributed by atoms with van der Waals surface area (Å²) < 4.78 is 46.9. The normalized spacial score (nSPS) is 15.4. The second-order valence-electron chi connectivity index (χ2n) is 10.2. The van der Waals surface area contributed by atoms with Crippen LogP contribution in [0.3, 0.4) is 0 Å². The van der Waals surface area contributed by atoms with Gasteiger partial charge in [-0.05, 0) is 62.2 Å². The Balaban J connectivity index is 1.67. The highest BCUT2D eigenvalue weighted by atomic mass is 35.5. The largest absolute Gasteiger partial charge is 0.477 e. The van der Waals surface area contributed by atoms with E-state index in [1.165, 1.54) is 11.0 Å². The molecule has 2 amide bonds. The van der Waals surface area contributed by atoms with Crippen LogP contribution in [-0.2, 0) is 6.18 Å². The monoisotopic (exact) mass is 617 g/mol. The van der Waals surface area contributed by atoms with Gasteiger partial charge in [-0.3, -0.25) is 9.59 Å². The Morgan fingerprint density at radius 2 is 1.91 bits per heavy atom. The molecule has 4 rings (SSSR count). The average Bonchev–Trinajstić information content (AvgIpc) is 3.00. The fourth-order valence-corrected chi connectivity index (χ4v) is 5.29. The van der Waals surface area contributed by atoms with Crippen molar-refractivity contribution in [3.05, 3.63) is 70.5 Å². The van der Waals surface area contributed by atoms with E-state index in [0.29, 0.717) is 48.9 Å². The maximum absolute atomic E-state index is 13.7. The van der Waals surface area contributed by atoms with Crippen LogP contribution in [-0.4, -0.2) is 65.5 Å². The topological polar surface area (TPSA) is 87.7 Å². The number of ether oxygens (including phenoxy) is 1. The number of halogens is 4. The van der Waals surface area contributed by atoms with E-state index in [1.807, 2.05) is 37.8 Å². The molecule has 0 aliphatic carbocycles. The first kappa shape index (κ1) is 32.1. The van der Waals surface area contributed by atoms with E-state index in [1.54, 1.807) is 18.3 Å². The summed E-state index contributed by atoms with van der Waals surface area (Å²) in [6.45, 7) is 7.34. The van der Waals surface area contributed by atoms with Gasteiger partial charge in [-0.1, -0.05) is 31.9 Å². The average molecular weight is 618 g/mol. The predicted octanol–water partition coefficient (Wildman–Crippen LogP) is 6.49. The number of carbonyl (C=O) groups is 2. The van der Waals surface area contributed by atoms with Gasteiger partial charge < -0.3 is 19.9 Å². The molecule has 230 valence electrons. The zero-order valence-corrected chi connectivity index (χ0v) is 25.1. The lowest BCUT2D eigenvalue weighted by atomic mass is 10.0. The summed E-state index contributed by atoms with van der Waals surface area (Å²) in [4.78, 5) is 39.3. The molecule has 0 bridgehead atoms. The summed E-state index contributed by atoms with van der Waals surface area (Å²) in [6, 6.07) is 10.1. The van der Waals surface area contributed by atoms with Gasteiger partial charge in [-0.15, -0.1) is 0 Å². The molecule has 0 saturated carbocycles. The first-order valence-corrected chi connectivity index (χ1v) is 14.8. The van der Waals surface area contributed by atoms with Gasteiger partial charge in [0.05, 0.1) is 34.7 Å². The van der Waals surface area contributed by atoms with E-state index in [0.717, 1.165) is 25.0 Å². The lowest BCUT2D eigenvalue weighted by molar-refractivity contribution is -0.138. The second-order valence-corrected chi connectivity index (χ2v) is 10.6. The molecule has 1 aromatic carbocycles. The molecular formula is C31H35ClF3N5O3. The number of nitrogens with one attached hydrogen (secondary N) is 1. The van der Waals surface area contributed by atoms with Gasteiger partial charge in [0.1, 0.15) is 0 Å². The van der Waals surface area contributed by atoms with Crippen molar-refractivity contribution in [1.82, 2.24) is 20.2 Å². The van der Waals surface area contributed by atoms with Crippen LogP contribution in [0.25, 0.3) is 11.3 Å². The number of pyridine rings is 2. The van der Waals surface area contributed by atoms with Crippen molar-refractivity contribution in [2.75, 3.05) is 37.7 Å². The van der Waals surface area contributed by atoms with Gasteiger partial charge in [0, 0.05) is 43.4 Å². The van der Waals surface area contributed by atoms with Gasteiger partial charge >= 0.3 is 6.18 Å². The Kier molecular flexibility index (Phi) is 10.5. The number of nitrogens with zero attached hydrogens (tertiary/aromatic N) is 4. The molecule has 1 atom stereocenters. The van der Waals surface area contributed by atoms with Crippen molar-refractivity contribution in [3.63, 3.8) is 0 Å². The first-order chi connectivity index (χ1) is 20.6. The molecule has 2 aromatic heterocycles. The molecule has 3 heterocycles. The lowest BCUT2D eigenvalue weighted by Crippen LogP contribution is -2.55. The zero-order chi connectivity index (χ0) is 31.1. The first-order valence-electron chi connectivity index (χ1n) is 14.4. The lowest BCUT2D eigenvalue weighted by Gasteiger charge is -2.43. The number of aromatic nitrogens is 2. The van der Waals surface area contributed by atoms with Crippen LogP contribution in [0.15, 0.2) is 48.7 Å². The minimum atomic E-state index is -4.73. The number of benzene rings is 1. The van der Waals surface area contributed by atoms with Gasteiger partial charge in [0.2, 0.25) is 5.88 Å². The van der Waals surface area contributed by atoms with Crippen LogP contribution in [0.2, 0.25) is 5.02 Å². The van der Waals surface area contributed by atoms with Gasteiger partial charge in [0.15, 0.2) is 5.69 Å². The van der Waals surface area contributed by atoms with Crippen molar-refractivity contribution in [2.24, 2.45) is 0 Å². The fraction of sp³-hybridized carbons (Fsp3) is 0.419. The number of rotatable bonds is 10. The highest BCUT2D eigenvalue weighted by Crippen LogP contribution is 2.36. The minimum Gasteiger partial charge on any atom is -0.477 e. The number of hydrogen-bond donors (Lipinski definition) is 1. The summed E-state index contributed by atoms with van der Waals surface area (Å²) in [5.41, 5.74) is 0.461. The van der Waals surface area contributed by atoms with Gasteiger partial charge in [-0.25, -0.2) is 9.97 Å². The second kappa shape index (κ2) is 14.1. The van der Waals surface area contributed by atoms with Crippen LogP contribution in [0.4, 0.5) is 18.9 Å². The molecule has 1 aliphatic rings. The Hall–Kier alpha value is -3.86. The molecule has 3 aromatic rings. The summed E-state index contributed by atoms with van der Waals surface area (Å²) in [5, 5.41) is 2.85. The fourth-order valence-electron chi connectivity index (χ4n) is 5.11. The highest BCUT2D eigenvalue weighted by molar-refractivity contribution is 6.30. The SMILES string of the molecule is CCCCNC(=O)c1nc(-c2cccnc2OCC)ccc1N1CCN(C(=O)c2ccc(Cl)cc2C(F)(F)F)C[C@H]1CC. The van der Waals surface area contributed by atoms with Gasteiger partial charge in [0.25, 0.3) is 11.8 Å². The number of amides is 2. The van der Waals surface area contributed by atoms with E-state index in [-0.39, 0.29) is 35.8 Å². The molecule has 0 spiro atoms. The third kappa shape index (κ3) is 7.38. The Labute approximate surface area is 254 Å². The Bertz CT molecular complexity index is 1450. The summed E-state index contributed by atoms with van der Waals surface area (Å²) in [6.07, 6.45) is -0.820. The number of alkyl halides is 3. The Morgan fingerprint density at radius 1 is 1.12 bits per heavy atom. The van der Waals surface area contributed by atoms with E-state index in [4.69, 9.17) is 21.3 Å². The minimum absolute atomic E-state index is 0.0968. The Morgan fingerprint density at radius 3 is 2.60 bits per heavy atom. The third-order valence-corrected chi connectivity index (χ3v) is 7.54. The van der Waals surface area contributed by atoms with Crippen LogP contribution in [0, 0.1) is 0 Å². The van der Waals surface area contributed by atoms with Crippen LogP contribution < -0.4 is 15.0 Å². The summed E-state index contributed by atoms with van der Waals surface area (Å²) >= 11 is 5.82. The number of piperazine rings is 1. The smallest absolute Gasteiger partial charge is 0.417 e. The number of unbranched alkanes of at least 4 members (excludes halogenated alkanes) is 1. The van der Waals surface area contributed by atoms with Crippen molar-refractivity contribution in [2.45, 2.75) is 52.3 Å². The third-order valence-electron chi connectivity index (χ3n) is 7.30. The molecule has 0 radical (unpaired) electrons. The van der Waals surface area contributed by atoms with E-state index in [2.05, 4.69) is 10.3 Å². The quantitative estimate of drug-likeness (QED) is 0.262. The van der Waals surface area contributed by atoms with Gasteiger partial charge in [-0.2, -0.15) is 13.2 Å². The maximum Gasteiger partial charge on any atom is 0.417 e. The van der Waals surface area contributed by atoms with Crippen LogP contribution in [0.5, 0.6) is 5.88 Å². The standard InChI is InChI=1S/C31H35ClF3N5O3/c1-4-7-14-36-28(41)27-26(13-12-25(38-27)23-9-8-15-37-29(23)43-6-3)40-17-16-39(19-21(40)5-2)30(42)22-11-10-20(32)18-24(22)31(33,34)35/h8-13,15,18,21H,4-7,14,16-17,19H2,1-3H3,(H,36,41)/t21-/m1/s1. The van der Waals surface area contributed by atoms with Crippen molar-refractivity contribution < 1.29 is 27.5 Å². The number of anilines is 1. The van der Waals surface area contributed by atoms with Crippen LogP contribution >= 0.6 is 11.6 Å². The summed E-state index contributed by atoms with van der Waals surface area (Å²) in [5.74, 6) is -0.647. The molecule has 43 heavy (non-hydrogen) atoms. The molecule has 1 fully saturated rings. The number of hydrogen-bond acceptors (Lipinski definition) is 6. The molecule has 1 saturated heterocycles. The summed E-state index contributed by atoms with van der Waals surface area (Å²) in [7, 11) is 0. The van der Waals surface area contributed by atoms with E-state index >= 15 is 0 Å². The van der Waals surface area contributed by atoms with Crippen molar-refractivity contribution >= 4 is 29.1 Å². The van der Waals surface area contributed by atoms with Crippen LogP contribution in [0.1, 0.15) is 66.4 Å². The maximum atomic E-state index is 13.7. The molecule has 12 heteroatoms. The van der Waals surface area contributed by atoms with Crippen molar-refractivity contribution in [3.8, 4) is 17.1 Å². The van der Waals surface area contributed by atoms with E-state index < -0.39 is 23.2 Å². The molecule has 1 N–H and O–H groups in total. The van der Waals surface area contributed by atoms with E-state index in [9.17, 15) is 22.8 Å². The molecule has 0 unspecified atom stereocenters. The van der Waals surface area contributed by atoms with Crippen molar-refractivity contribution in [1.29, 1.82) is 0 Å². The molecule has 8 nitrogen and oxygen atoms in total. The molecular weight excluding hydrogens is 583 g/mol. The number of carbonyl (C=O) groups excluding carboxylic acids is 2. The molecule has 1 aliphatic heterocycles. The zero-order valence-electron chi connectivity index (χ0n) is 24.4. The highest BCUT2D eigenvalue weighted by Gasteiger charge is 2.38.